The Balaban J connectivity index is 3.50. The Kier molecular flexibility index (Phi) is 4.54. The van der Waals surface area contributed by atoms with Crippen LogP contribution in [0.15, 0.2) is 0 Å². The van der Waals surface area contributed by atoms with Crippen LogP contribution in [0.25, 0.3) is 0 Å². The Morgan fingerprint density at radius 3 is 2.70 bits per heavy atom. The molecule has 3 nitrogen and oxygen atoms in total. The van der Waals surface area contributed by atoms with E-state index < -0.39 is 0 Å². The average molecular weight is 144 g/mol. The molecule has 0 saturated carbocycles. The zero-order chi connectivity index (χ0) is 7.98. The highest BCUT2D eigenvalue weighted by Gasteiger charge is 2.11. The molecule has 0 heterocycles. The lowest BCUT2D eigenvalue weighted by Crippen LogP contribution is -2.12. The van der Waals surface area contributed by atoms with Crippen molar-refractivity contribution in [1.29, 1.82) is 0 Å². The zero-order valence-electron chi connectivity index (χ0n) is 6.29. The van der Waals surface area contributed by atoms with E-state index in [4.69, 9.17) is 0 Å². The zero-order valence-corrected chi connectivity index (χ0v) is 6.29. The number of methoxy groups -OCH3 is 1. The third-order valence-electron chi connectivity index (χ3n) is 1.32. The molecule has 10 heavy (non-hydrogen) atoms. The van der Waals surface area contributed by atoms with E-state index in [0.717, 1.165) is 6.29 Å². The number of carbonyl (C=O) groups excluding carboxylic acids is 2. The molecule has 3 heteroatoms. The highest BCUT2D eigenvalue weighted by atomic mass is 16.5. The van der Waals surface area contributed by atoms with Gasteiger partial charge in [0.2, 0.25) is 0 Å². The van der Waals surface area contributed by atoms with Gasteiger partial charge in [-0.25, -0.2) is 0 Å². The summed E-state index contributed by atoms with van der Waals surface area (Å²) in [5.41, 5.74) is 0. The number of rotatable bonds is 4. The van der Waals surface area contributed by atoms with Crippen LogP contribution in [0.3, 0.4) is 0 Å². The molecule has 1 atom stereocenters. The van der Waals surface area contributed by atoms with Gasteiger partial charge in [0.1, 0.15) is 6.29 Å². The fourth-order valence-corrected chi connectivity index (χ4v) is 0.637. The first-order valence-electron chi connectivity index (χ1n) is 3.23. The van der Waals surface area contributed by atoms with E-state index in [-0.39, 0.29) is 11.9 Å². The van der Waals surface area contributed by atoms with Crippen molar-refractivity contribution in [2.24, 2.45) is 5.92 Å². The summed E-state index contributed by atoms with van der Waals surface area (Å²) in [7, 11) is 1.35. The van der Waals surface area contributed by atoms with E-state index >= 15 is 0 Å². The van der Waals surface area contributed by atoms with E-state index in [9.17, 15) is 9.59 Å². The van der Waals surface area contributed by atoms with E-state index in [0.29, 0.717) is 12.8 Å². The second-order valence-corrected chi connectivity index (χ2v) is 2.17. The fraction of sp³-hybridized carbons (Fsp3) is 0.714. The number of carbonyl (C=O) groups is 2. The highest BCUT2D eigenvalue weighted by molar-refractivity contribution is 5.72. The van der Waals surface area contributed by atoms with Crippen LogP contribution in [0, 0.1) is 5.92 Å². The van der Waals surface area contributed by atoms with Crippen molar-refractivity contribution >= 4 is 12.3 Å². The summed E-state index contributed by atoms with van der Waals surface area (Å²) in [6.45, 7) is 1.75. The van der Waals surface area contributed by atoms with Crippen LogP contribution in [0.4, 0.5) is 0 Å². The summed E-state index contributed by atoms with van der Waals surface area (Å²) in [4.78, 5) is 20.5. The fourth-order valence-electron chi connectivity index (χ4n) is 0.637. The van der Waals surface area contributed by atoms with Crippen molar-refractivity contribution in [2.45, 2.75) is 19.8 Å². The molecule has 0 rings (SSSR count). The van der Waals surface area contributed by atoms with Gasteiger partial charge < -0.3 is 9.53 Å². The molecule has 58 valence electrons. The Hall–Kier alpha value is -0.860. The van der Waals surface area contributed by atoms with Gasteiger partial charge >= 0.3 is 5.97 Å². The quantitative estimate of drug-likeness (QED) is 0.432. The first-order valence-corrected chi connectivity index (χ1v) is 3.23. The minimum Gasteiger partial charge on any atom is -0.469 e. The first kappa shape index (κ1) is 9.14. The van der Waals surface area contributed by atoms with Gasteiger partial charge in [0.05, 0.1) is 13.0 Å². The average Bonchev–Trinajstić information content (AvgIpc) is 1.98. The van der Waals surface area contributed by atoms with Crippen LogP contribution in [0.5, 0.6) is 0 Å². The molecule has 0 fully saturated rings. The van der Waals surface area contributed by atoms with E-state index in [2.05, 4.69) is 4.74 Å². The summed E-state index contributed by atoms with van der Waals surface area (Å²) < 4.78 is 4.45. The lowest BCUT2D eigenvalue weighted by Gasteiger charge is -2.04. The second-order valence-electron chi connectivity index (χ2n) is 2.17. The van der Waals surface area contributed by atoms with Crippen molar-refractivity contribution < 1.29 is 14.3 Å². The Bertz CT molecular complexity index is 120. The molecule has 0 unspecified atom stereocenters. The van der Waals surface area contributed by atoms with Crippen LogP contribution in [-0.2, 0) is 14.3 Å². The smallest absolute Gasteiger partial charge is 0.308 e. The molecule has 0 aliphatic rings. The van der Waals surface area contributed by atoms with Gasteiger partial charge in [-0.1, -0.05) is 6.92 Å². The van der Waals surface area contributed by atoms with E-state index in [1.54, 1.807) is 6.92 Å². The maximum Gasteiger partial charge on any atom is 0.308 e. The standard InChI is InChI=1S/C7H12O3/c1-6(4-3-5-8)7(9)10-2/h5-6H,3-4H2,1-2H3/t6-/m0/s1. The third kappa shape index (κ3) is 3.22. The van der Waals surface area contributed by atoms with Crippen molar-refractivity contribution in [3.8, 4) is 0 Å². The van der Waals surface area contributed by atoms with Crippen molar-refractivity contribution in [2.75, 3.05) is 7.11 Å². The van der Waals surface area contributed by atoms with Gasteiger partial charge in [0, 0.05) is 6.42 Å². The first-order chi connectivity index (χ1) is 4.72. The summed E-state index contributed by atoms with van der Waals surface area (Å²) in [5.74, 6) is -0.406. The highest BCUT2D eigenvalue weighted by Crippen LogP contribution is 2.04. The molecule has 0 aromatic heterocycles. The molecule has 0 N–H and O–H groups in total. The van der Waals surface area contributed by atoms with Gasteiger partial charge in [-0.3, -0.25) is 4.79 Å². The molecule has 0 bridgehead atoms. The van der Waals surface area contributed by atoms with Crippen molar-refractivity contribution in [3.63, 3.8) is 0 Å². The normalized spacial score (nSPS) is 12.2. The molecule has 0 amide bonds. The van der Waals surface area contributed by atoms with Crippen LogP contribution in [-0.4, -0.2) is 19.4 Å². The minimum atomic E-state index is -0.248. The van der Waals surface area contributed by atoms with Gasteiger partial charge in [-0.15, -0.1) is 0 Å². The topological polar surface area (TPSA) is 43.4 Å². The predicted octanol–water partition coefficient (Wildman–Crippen LogP) is 0.775. The molecule has 0 aromatic rings. The predicted molar refractivity (Wildman–Crippen MR) is 36.5 cm³/mol. The molecule has 0 aliphatic carbocycles. The summed E-state index contributed by atoms with van der Waals surface area (Å²) in [6.07, 6.45) is 1.81. The molecule has 0 aliphatic heterocycles. The largest absolute Gasteiger partial charge is 0.469 e. The van der Waals surface area contributed by atoms with Crippen molar-refractivity contribution in [3.05, 3.63) is 0 Å². The summed E-state index contributed by atoms with van der Waals surface area (Å²) >= 11 is 0. The van der Waals surface area contributed by atoms with Crippen LogP contribution >= 0.6 is 0 Å². The molecule has 0 spiro atoms. The van der Waals surface area contributed by atoms with Gasteiger partial charge in [0.25, 0.3) is 0 Å². The number of hydrogen-bond acceptors (Lipinski definition) is 3. The van der Waals surface area contributed by atoms with Crippen LogP contribution < -0.4 is 0 Å². The van der Waals surface area contributed by atoms with Crippen molar-refractivity contribution in [1.82, 2.24) is 0 Å². The third-order valence-corrected chi connectivity index (χ3v) is 1.32. The molecule has 0 radical (unpaired) electrons. The summed E-state index contributed by atoms with van der Waals surface area (Å²) in [5, 5.41) is 0. The lowest BCUT2D eigenvalue weighted by atomic mass is 10.1. The van der Waals surface area contributed by atoms with Gasteiger partial charge in [0.15, 0.2) is 0 Å². The Morgan fingerprint density at radius 2 is 2.30 bits per heavy atom. The summed E-state index contributed by atoms with van der Waals surface area (Å²) in [6, 6.07) is 0. The molecular weight excluding hydrogens is 132 g/mol. The van der Waals surface area contributed by atoms with Gasteiger partial charge in [-0.2, -0.15) is 0 Å². The maximum absolute atomic E-state index is 10.7. The van der Waals surface area contributed by atoms with Crippen LogP contribution in [0.1, 0.15) is 19.8 Å². The van der Waals surface area contributed by atoms with E-state index in [1.807, 2.05) is 0 Å². The second kappa shape index (κ2) is 4.97. The molecule has 0 saturated heterocycles. The monoisotopic (exact) mass is 144 g/mol. The Morgan fingerprint density at radius 1 is 1.70 bits per heavy atom. The number of esters is 1. The van der Waals surface area contributed by atoms with Crippen LogP contribution in [0.2, 0.25) is 0 Å². The minimum absolute atomic E-state index is 0.157. The lowest BCUT2D eigenvalue weighted by molar-refractivity contribution is -0.145. The maximum atomic E-state index is 10.7. The van der Waals surface area contributed by atoms with E-state index in [1.165, 1.54) is 7.11 Å². The number of aldehydes is 1. The number of hydrogen-bond donors (Lipinski definition) is 0. The molecular formula is C7H12O3. The SMILES string of the molecule is COC(=O)[C@@H](C)CCC=O. The number of ether oxygens (including phenoxy) is 1. The Labute approximate surface area is 60.4 Å². The van der Waals surface area contributed by atoms with Gasteiger partial charge in [-0.05, 0) is 6.42 Å². The molecule has 0 aromatic carbocycles.